The lowest BCUT2D eigenvalue weighted by molar-refractivity contribution is -0.0286. The molecule has 39 heavy (non-hydrogen) atoms. The van der Waals surface area contributed by atoms with E-state index in [1.807, 2.05) is 26.0 Å². The number of ether oxygens (including phenoxy) is 1. The van der Waals surface area contributed by atoms with Crippen molar-refractivity contribution < 1.29 is 18.3 Å². The highest BCUT2D eigenvalue weighted by molar-refractivity contribution is 7.90. The van der Waals surface area contributed by atoms with E-state index in [0.717, 1.165) is 16.7 Å². The molecule has 0 bridgehead atoms. The van der Waals surface area contributed by atoms with Gasteiger partial charge in [-0.25, -0.2) is 12.4 Å². The van der Waals surface area contributed by atoms with Gasteiger partial charge in [-0.1, -0.05) is 36.8 Å². The SMILES string of the molecule is Cc1ccc(S(=O)(=O)n2c(-c3cnn(C4COC4)c3)cc3c(C(C)c4ccc(O)cc4)cn(C)c(=O)c32)cc1. The molecule has 1 unspecified atom stereocenters. The summed E-state index contributed by atoms with van der Waals surface area (Å²) in [4.78, 5) is 13.7. The number of aromatic hydroxyl groups is 1. The van der Waals surface area contributed by atoms with Crippen LogP contribution in [0.2, 0.25) is 0 Å². The van der Waals surface area contributed by atoms with Crippen LogP contribution in [0.3, 0.4) is 0 Å². The van der Waals surface area contributed by atoms with Crippen LogP contribution in [0, 0.1) is 6.92 Å². The summed E-state index contributed by atoms with van der Waals surface area (Å²) in [6.07, 6.45) is 5.18. The van der Waals surface area contributed by atoms with E-state index < -0.39 is 15.6 Å². The van der Waals surface area contributed by atoms with Crippen molar-refractivity contribution in [2.45, 2.75) is 30.7 Å². The van der Waals surface area contributed by atoms with Crippen molar-refractivity contribution in [3.8, 4) is 17.0 Å². The van der Waals surface area contributed by atoms with E-state index in [1.54, 1.807) is 72.8 Å². The lowest BCUT2D eigenvalue weighted by Crippen LogP contribution is -2.30. The van der Waals surface area contributed by atoms with Gasteiger partial charge in [0.25, 0.3) is 15.6 Å². The highest BCUT2D eigenvalue weighted by atomic mass is 32.2. The monoisotopic (exact) mass is 544 g/mol. The number of aromatic nitrogens is 4. The maximum Gasteiger partial charge on any atom is 0.275 e. The quantitative estimate of drug-likeness (QED) is 0.344. The maximum absolute atomic E-state index is 14.2. The number of nitrogens with zero attached hydrogens (tertiary/aromatic N) is 4. The molecule has 4 heterocycles. The number of rotatable bonds is 6. The molecular weight excluding hydrogens is 516 g/mol. The first-order chi connectivity index (χ1) is 18.6. The minimum absolute atomic E-state index is 0.0796. The topological polar surface area (TPSA) is 108 Å². The second kappa shape index (κ2) is 9.25. The predicted octanol–water partition coefficient (Wildman–Crippen LogP) is 4.18. The van der Waals surface area contributed by atoms with Crippen molar-refractivity contribution >= 4 is 20.9 Å². The van der Waals surface area contributed by atoms with E-state index in [2.05, 4.69) is 5.10 Å². The first-order valence-corrected chi connectivity index (χ1v) is 14.1. The van der Waals surface area contributed by atoms with Gasteiger partial charge in [-0.15, -0.1) is 0 Å². The molecule has 0 spiro atoms. The van der Waals surface area contributed by atoms with Crippen LogP contribution in [0.15, 0.2) is 82.9 Å². The van der Waals surface area contributed by atoms with Crippen LogP contribution < -0.4 is 5.56 Å². The zero-order valence-electron chi connectivity index (χ0n) is 21.8. The molecule has 1 N–H and O–H groups in total. The van der Waals surface area contributed by atoms with E-state index in [4.69, 9.17) is 4.74 Å². The molecule has 1 aliphatic rings. The molecule has 2 aromatic carbocycles. The number of hydrogen-bond acceptors (Lipinski definition) is 6. The summed E-state index contributed by atoms with van der Waals surface area (Å²) in [6.45, 7) is 4.96. The number of hydrogen-bond donors (Lipinski definition) is 1. The highest BCUT2D eigenvalue weighted by Crippen LogP contribution is 2.37. The third-order valence-electron chi connectivity index (χ3n) is 7.44. The van der Waals surface area contributed by atoms with E-state index in [9.17, 15) is 18.3 Å². The molecule has 0 amide bonds. The largest absolute Gasteiger partial charge is 0.508 e. The Morgan fingerprint density at radius 2 is 1.74 bits per heavy atom. The van der Waals surface area contributed by atoms with E-state index in [1.165, 1.54) is 8.54 Å². The van der Waals surface area contributed by atoms with Crippen molar-refractivity contribution in [2.75, 3.05) is 13.2 Å². The van der Waals surface area contributed by atoms with E-state index >= 15 is 0 Å². The third-order valence-corrected chi connectivity index (χ3v) is 9.16. The van der Waals surface area contributed by atoms with Gasteiger partial charge in [0.15, 0.2) is 0 Å². The van der Waals surface area contributed by atoms with Gasteiger partial charge < -0.3 is 14.4 Å². The Morgan fingerprint density at radius 3 is 2.38 bits per heavy atom. The second-order valence-corrected chi connectivity index (χ2v) is 11.9. The maximum atomic E-state index is 14.2. The first-order valence-electron chi connectivity index (χ1n) is 12.6. The van der Waals surface area contributed by atoms with Gasteiger partial charge in [0.1, 0.15) is 11.3 Å². The molecule has 200 valence electrons. The third kappa shape index (κ3) is 4.16. The van der Waals surface area contributed by atoms with Gasteiger partial charge in [0.05, 0.1) is 36.0 Å². The van der Waals surface area contributed by atoms with Gasteiger partial charge >= 0.3 is 0 Å². The minimum Gasteiger partial charge on any atom is -0.508 e. The lowest BCUT2D eigenvalue weighted by Gasteiger charge is -2.25. The van der Waals surface area contributed by atoms with Crippen LogP contribution in [-0.4, -0.2) is 45.1 Å². The number of phenolic OH excluding ortho intramolecular Hbond substituents is 1. The summed E-state index contributed by atoms with van der Waals surface area (Å²) in [5.41, 5.74) is 3.23. The van der Waals surface area contributed by atoms with Gasteiger partial charge in [-0.2, -0.15) is 5.10 Å². The molecule has 6 rings (SSSR count). The van der Waals surface area contributed by atoms with Gasteiger partial charge in [-0.3, -0.25) is 9.48 Å². The molecule has 5 aromatic rings. The molecule has 1 atom stereocenters. The summed E-state index contributed by atoms with van der Waals surface area (Å²) in [5.74, 6) is -0.0383. The molecule has 0 saturated carbocycles. The summed E-state index contributed by atoms with van der Waals surface area (Å²) >= 11 is 0. The predicted molar refractivity (Wildman–Crippen MR) is 148 cm³/mol. The zero-order valence-corrected chi connectivity index (χ0v) is 22.6. The smallest absolute Gasteiger partial charge is 0.275 e. The molecule has 0 radical (unpaired) electrons. The molecule has 10 heteroatoms. The number of aryl methyl sites for hydroxylation is 2. The van der Waals surface area contributed by atoms with Crippen molar-refractivity contribution in [2.24, 2.45) is 7.05 Å². The van der Waals surface area contributed by atoms with Gasteiger partial charge in [-0.05, 0) is 48.4 Å². The Labute approximate surface area is 225 Å². The fraction of sp³-hybridized carbons (Fsp3) is 0.241. The average molecular weight is 545 g/mol. The fourth-order valence-corrected chi connectivity index (χ4v) is 6.54. The second-order valence-electron chi connectivity index (χ2n) is 10.1. The Bertz CT molecular complexity index is 1860. The Balaban J connectivity index is 1.65. The number of pyridine rings is 1. The van der Waals surface area contributed by atoms with Crippen LogP contribution in [-0.2, 0) is 21.8 Å². The zero-order chi connectivity index (χ0) is 27.5. The van der Waals surface area contributed by atoms with Crippen LogP contribution >= 0.6 is 0 Å². The van der Waals surface area contributed by atoms with Crippen LogP contribution in [0.5, 0.6) is 5.75 Å². The van der Waals surface area contributed by atoms with Gasteiger partial charge in [0, 0.05) is 36.3 Å². The molecule has 3 aromatic heterocycles. The van der Waals surface area contributed by atoms with Crippen LogP contribution in [0.25, 0.3) is 22.2 Å². The van der Waals surface area contributed by atoms with Crippen molar-refractivity contribution in [1.29, 1.82) is 0 Å². The van der Waals surface area contributed by atoms with E-state index in [0.29, 0.717) is 29.9 Å². The van der Waals surface area contributed by atoms with E-state index in [-0.39, 0.29) is 28.1 Å². The number of phenols is 1. The van der Waals surface area contributed by atoms with Crippen molar-refractivity contribution in [1.82, 2.24) is 18.3 Å². The van der Waals surface area contributed by atoms with Gasteiger partial charge in [0.2, 0.25) is 0 Å². The summed E-state index contributed by atoms with van der Waals surface area (Å²) in [7, 11) is -2.54. The van der Waals surface area contributed by atoms with Crippen LogP contribution in [0.4, 0.5) is 0 Å². The molecular formula is C29H28N4O5S. The number of benzene rings is 2. The summed E-state index contributed by atoms with van der Waals surface area (Å²) in [6, 6.07) is 15.3. The Hall–Kier alpha value is -4.15. The molecule has 9 nitrogen and oxygen atoms in total. The average Bonchev–Trinajstić information content (AvgIpc) is 3.51. The summed E-state index contributed by atoms with van der Waals surface area (Å²) < 4.78 is 38.1. The molecule has 1 saturated heterocycles. The van der Waals surface area contributed by atoms with Crippen molar-refractivity contribution in [3.05, 3.63) is 100 Å². The van der Waals surface area contributed by atoms with Crippen molar-refractivity contribution in [3.63, 3.8) is 0 Å². The number of fused-ring (bicyclic) bond motifs is 1. The molecule has 0 aliphatic carbocycles. The minimum atomic E-state index is -4.16. The van der Waals surface area contributed by atoms with Crippen LogP contribution in [0.1, 0.15) is 35.6 Å². The molecule has 1 fully saturated rings. The normalized spacial score (nSPS) is 14.9. The Morgan fingerprint density at radius 1 is 1.05 bits per heavy atom. The summed E-state index contributed by atoms with van der Waals surface area (Å²) in [5, 5.41) is 14.8. The first kappa shape index (κ1) is 25.1. The highest BCUT2D eigenvalue weighted by Gasteiger charge is 2.30. The standard InChI is InChI=1S/C29H28N4O5S/c1-18-4-10-24(11-5-18)39(36,37)33-27(21-13-30-32(14-21)22-16-38-17-22)12-25-26(15-31(3)29(35)28(25)33)19(2)20-6-8-23(34)9-7-20/h4-15,19,22,34H,16-17H2,1-3H3. The fourth-order valence-electron chi connectivity index (χ4n) is 5.02. The Kier molecular flexibility index (Phi) is 5.96. The molecule has 1 aliphatic heterocycles. The lowest BCUT2D eigenvalue weighted by atomic mass is 9.92.